The van der Waals surface area contributed by atoms with Gasteiger partial charge in [0.2, 0.25) is 0 Å². The molecular formula is C12H22N4OS. The third-order valence-corrected chi connectivity index (χ3v) is 4.53. The third-order valence-electron chi connectivity index (χ3n) is 3.39. The molecule has 102 valence electrons. The molecule has 1 aliphatic rings. The van der Waals surface area contributed by atoms with Crippen molar-refractivity contribution in [2.45, 2.75) is 30.7 Å². The Balaban J connectivity index is 1.73. The highest BCUT2D eigenvalue weighted by molar-refractivity contribution is 7.99. The number of thioether (sulfide) groups is 1. The summed E-state index contributed by atoms with van der Waals surface area (Å²) in [7, 11) is 0. The lowest BCUT2D eigenvalue weighted by atomic mass is 10.1. The third kappa shape index (κ3) is 3.90. The molecule has 0 radical (unpaired) electrons. The van der Waals surface area contributed by atoms with Gasteiger partial charge in [-0.25, -0.2) is 0 Å². The van der Waals surface area contributed by atoms with Gasteiger partial charge in [-0.05, 0) is 32.2 Å². The van der Waals surface area contributed by atoms with Crippen molar-refractivity contribution in [3.8, 4) is 0 Å². The molecule has 1 aromatic heterocycles. The Hall–Kier alpha value is -0.720. The molecule has 0 aliphatic carbocycles. The molecule has 0 aromatic carbocycles. The first kappa shape index (κ1) is 13.7. The van der Waals surface area contributed by atoms with Crippen LogP contribution in [0.1, 0.15) is 12.8 Å². The monoisotopic (exact) mass is 270 g/mol. The molecule has 1 aromatic rings. The zero-order chi connectivity index (χ0) is 13.0. The number of piperidine rings is 1. The largest absolute Gasteiger partial charge is 0.396 e. The van der Waals surface area contributed by atoms with Gasteiger partial charge in [-0.2, -0.15) is 16.9 Å². The highest BCUT2D eigenvalue weighted by Crippen LogP contribution is 2.20. The van der Waals surface area contributed by atoms with Crippen molar-refractivity contribution in [1.82, 2.24) is 14.7 Å². The van der Waals surface area contributed by atoms with Crippen LogP contribution in [0.3, 0.4) is 0 Å². The van der Waals surface area contributed by atoms with E-state index in [1.54, 1.807) is 17.1 Å². The Morgan fingerprint density at radius 2 is 2.22 bits per heavy atom. The molecule has 5 nitrogen and oxygen atoms in total. The van der Waals surface area contributed by atoms with Gasteiger partial charge in [0.15, 0.2) is 0 Å². The molecule has 0 amide bonds. The van der Waals surface area contributed by atoms with Gasteiger partial charge in [0.05, 0.1) is 24.5 Å². The number of β-amino-alcohol motifs (C(OH)–C–C–N with tert-alkyl or cyclic N) is 1. The normalized spacial score (nSPS) is 20.1. The second-order valence-electron chi connectivity index (χ2n) is 4.89. The molecule has 0 spiro atoms. The summed E-state index contributed by atoms with van der Waals surface area (Å²) in [5, 5.41) is 14.9. The topological polar surface area (TPSA) is 67.3 Å². The number of aliphatic hydroxyl groups is 1. The average molecular weight is 270 g/mol. The van der Waals surface area contributed by atoms with Gasteiger partial charge in [0.25, 0.3) is 0 Å². The van der Waals surface area contributed by atoms with E-state index in [0.717, 1.165) is 24.9 Å². The average Bonchev–Trinajstić information content (AvgIpc) is 2.75. The lowest BCUT2D eigenvalue weighted by Gasteiger charge is -2.32. The van der Waals surface area contributed by atoms with E-state index < -0.39 is 0 Å². The Morgan fingerprint density at radius 1 is 1.50 bits per heavy atom. The van der Waals surface area contributed by atoms with Crippen LogP contribution in [-0.4, -0.2) is 57.0 Å². The first-order chi connectivity index (χ1) is 8.67. The maximum Gasteiger partial charge on any atom is 0.0862 e. The number of hydrogen-bond acceptors (Lipinski definition) is 5. The lowest BCUT2D eigenvalue weighted by Crippen LogP contribution is -2.40. The summed E-state index contributed by atoms with van der Waals surface area (Å²) in [5.41, 5.74) is 6.23. The van der Waals surface area contributed by atoms with Gasteiger partial charge < -0.3 is 15.7 Å². The van der Waals surface area contributed by atoms with Crippen LogP contribution < -0.4 is 5.73 Å². The van der Waals surface area contributed by atoms with Gasteiger partial charge in [0.1, 0.15) is 0 Å². The first-order valence-corrected chi connectivity index (χ1v) is 7.67. The molecule has 3 N–H and O–H groups in total. The number of likely N-dealkylation sites (tertiary alicyclic amines) is 1. The fourth-order valence-corrected chi connectivity index (χ4v) is 3.06. The zero-order valence-electron chi connectivity index (χ0n) is 10.8. The van der Waals surface area contributed by atoms with Crippen molar-refractivity contribution in [1.29, 1.82) is 0 Å². The number of nitrogens with zero attached hydrogens (tertiary/aromatic N) is 3. The number of aromatic nitrogens is 2. The van der Waals surface area contributed by atoms with Crippen LogP contribution >= 0.6 is 11.8 Å². The molecule has 1 fully saturated rings. The minimum Gasteiger partial charge on any atom is -0.396 e. The summed E-state index contributed by atoms with van der Waals surface area (Å²) >= 11 is 1.95. The maximum atomic E-state index is 10.0. The van der Waals surface area contributed by atoms with Crippen LogP contribution in [0.4, 0.5) is 5.69 Å². The van der Waals surface area contributed by atoms with Crippen molar-refractivity contribution in [2.75, 3.05) is 31.6 Å². The number of nitrogen functional groups attached to an aromatic ring is 1. The Morgan fingerprint density at radius 3 is 2.78 bits per heavy atom. The number of hydrogen-bond donors (Lipinski definition) is 2. The Kier molecular flexibility index (Phi) is 4.91. The van der Waals surface area contributed by atoms with Crippen LogP contribution in [0.5, 0.6) is 0 Å². The molecule has 0 bridgehead atoms. The van der Waals surface area contributed by atoms with Crippen LogP contribution in [0, 0.1) is 0 Å². The van der Waals surface area contributed by atoms with E-state index in [4.69, 9.17) is 5.73 Å². The molecule has 2 heterocycles. The highest BCUT2D eigenvalue weighted by atomic mass is 32.2. The van der Waals surface area contributed by atoms with E-state index in [0.29, 0.717) is 12.2 Å². The highest BCUT2D eigenvalue weighted by Gasteiger charge is 2.20. The Labute approximate surface area is 112 Å². The molecular weight excluding hydrogens is 248 g/mol. The van der Waals surface area contributed by atoms with Crippen molar-refractivity contribution < 1.29 is 5.11 Å². The second-order valence-corrected chi connectivity index (χ2v) is 6.02. The molecule has 1 aliphatic heterocycles. The fourth-order valence-electron chi connectivity index (χ4n) is 2.38. The summed E-state index contributed by atoms with van der Waals surface area (Å²) in [6.45, 7) is 3.41. The van der Waals surface area contributed by atoms with Crippen LogP contribution in [-0.2, 0) is 6.54 Å². The van der Waals surface area contributed by atoms with Gasteiger partial charge in [0, 0.05) is 18.0 Å². The van der Waals surface area contributed by atoms with Crippen molar-refractivity contribution in [3.05, 3.63) is 12.4 Å². The maximum absolute atomic E-state index is 10.0. The molecule has 18 heavy (non-hydrogen) atoms. The fraction of sp³-hybridized carbons (Fsp3) is 0.750. The molecule has 1 unspecified atom stereocenters. The number of aliphatic hydroxyl groups excluding tert-OH is 1. The SMILES string of the molecule is CSC1CCN(CC(O)Cn2cc(N)cn2)CC1. The van der Waals surface area contributed by atoms with E-state index in [9.17, 15) is 5.11 Å². The number of nitrogens with two attached hydrogens (primary N) is 1. The molecule has 1 atom stereocenters. The number of anilines is 1. The summed E-state index contributed by atoms with van der Waals surface area (Å²) < 4.78 is 1.70. The molecule has 0 saturated carbocycles. The summed E-state index contributed by atoms with van der Waals surface area (Å²) in [6, 6.07) is 0. The van der Waals surface area contributed by atoms with Gasteiger partial charge in [-0.1, -0.05) is 0 Å². The van der Waals surface area contributed by atoms with Gasteiger partial charge in [-0.15, -0.1) is 0 Å². The van der Waals surface area contributed by atoms with Gasteiger partial charge >= 0.3 is 0 Å². The smallest absolute Gasteiger partial charge is 0.0862 e. The minimum atomic E-state index is -0.380. The van der Waals surface area contributed by atoms with E-state index in [1.165, 1.54) is 12.8 Å². The van der Waals surface area contributed by atoms with Crippen LogP contribution in [0.25, 0.3) is 0 Å². The quantitative estimate of drug-likeness (QED) is 0.822. The predicted molar refractivity (Wildman–Crippen MR) is 75.6 cm³/mol. The first-order valence-electron chi connectivity index (χ1n) is 6.38. The minimum absolute atomic E-state index is 0.380. The van der Waals surface area contributed by atoms with E-state index in [2.05, 4.69) is 16.3 Å². The summed E-state index contributed by atoms with van der Waals surface area (Å²) in [4.78, 5) is 2.34. The zero-order valence-corrected chi connectivity index (χ0v) is 11.6. The predicted octanol–water partition coefficient (Wildman–Crippen LogP) is 0.654. The van der Waals surface area contributed by atoms with E-state index in [1.807, 2.05) is 11.8 Å². The molecule has 2 rings (SSSR count). The van der Waals surface area contributed by atoms with Crippen molar-refractivity contribution >= 4 is 17.4 Å². The second kappa shape index (κ2) is 6.45. The molecule has 6 heteroatoms. The van der Waals surface area contributed by atoms with E-state index in [-0.39, 0.29) is 6.10 Å². The lowest BCUT2D eigenvalue weighted by molar-refractivity contribution is 0.0865. The van der Waals surface area contributed by atoms with Gasteiger partial charge in [-0.3, -0.25) is 4.68 Å². The number of rotatable bonds is 5. The van der Waals surface area contributed by atoms with Crippen LogP contribution in [0.2, 0.25) is 0 Å². The Bertz CT molecular complexity index is 363. The standard InChI is InChI=1S/C12H22N4OS/c1-18-12-2-4-15(5-3-12)8-11(17)9-16-7-10(13)6-14-16/h6-7,11-12,17H,2-5,8-9,13H2,1H3. The summed E-state index contributed by atoms with van der Waals surface area (Å²) in [5.74, 6) is 0. The van der Waals surface area contributed by atoms with Crippen molar-refractivity contribution in [2.24, 2.45) is 0 Å². The van der Waals surface area contributed by atoms with Crippen molar-refractivity contribution in [3.63, 3.8) is 0 Å². The van der Waals surface area contributed by atoms with Crippen LogP contribution in [0.15, 0.2) is 12.4 Å². The summed E-state index contributed by atoms with van der Waals surface area (Å²) in [6.07, 6.45) is 7.61. The van der Waals surface area contributed by atoms with E-state index >= 15 is 0 Å². The molecule has 1 saturated heterocycles.